The maximum atomic E-state index is 13.6. The van der Waals surface area contributed by atoms with Crippen LogP contribution in [0.4, 0.5) is 0 Å². The molecular weight excluding hydrogens is 608 g/mol. The highest BCUT2D eigenvalue weighted by Gasteiger charge is 2.40. The summed E-state index contributed by atoms with van der Waals surface area (Å²) < 4.78 is 0. The van der Waals surface area contributed by atoms with E-state index in [1.165, 1.54) is 128 Å². The smallest absolute Gasteiger partial charge is 0.220 e. The van der Waals surface area contributed by atoms with Gasteiger partial charge in [0.05, 0.1) is 13.1 Å². The Labute approximate surface area is 304 Å². The average molecular weight is 693 g/mol. The van der Waals surface area contributed by atoms with E-state index in [1.807, 2.05) is 13.8 Å². The maximum Gasteiger partial charge on any atom is 0.220 e. The summed E-state index contributed by atoms with van der Waals surface area (Å²) in [6.07, 6.45) is 36.6. The second kappa shape index (κ2) is 35.0. The summed E-state index contributed by atoms with van der Waals surface area (Å²) in [6.45, 7) is 8.32. The van der Waals surface area contributed by atoms with Crippen LogP contribution in [0.25, 0.3) is 0 Å². The van der Waals surface area contributed by atoms with Crippen molar-refractivity contribution in [3.05, 3.63) is 0 Å². The Morgan fingerprint density at radius 2 is 0.694 bits per heavy atom. The highest BCUT2D eigenvalue weighted by Crippen LogP contribution is 2.22. The minimum atomic E-state index is -1.79. The Balaban J connectivity index is 4.40. The largest absolute Gasteiger partial charge is 0.378 e. The van der Waals surface area contributed by atoms with Gasteiger partial charge in [-0.3, -0.25) is 14.4 Å². The van der Waals surface area contributed by atoms with Gasteiger partial charge in [-0.25, -0.2) is 0 Å². The van der Waals surface area contributed by atoms with Crippen LogP contribution in [0.3, 0.4) is 0 Å². The van der Waals surface area contributed by atoms with Gasteiger partial charge in [-0.2, -0.15) is 0 Å². The third-order valence-corrected chi connectivity index (χ3v) is 10.3. The van der Waals surface area contributed by atoms with Crippen molar-refractivity contribution in [2.75, 3.05) is 13.1 Å². The minimum absolute atomic E-state index is 0.130. The van der Waals surface area contributed by atoms with Crippen LogP contribution in [-0.4, -0.2) is 41.4 Å². The molecule has 0 radical (unpaired) electrons. The van der Waals surface area contributed by atoms with Gasteiger partial charge >= 0.3 is 0 Å². The molecular formula is C43H84N2O4. The van der Waals surface area contributed by atoms with Crippen LogP contribution in [0.2, 0.25) is 0 Å². The van der Waals surface area contributed by atoms with E-state index < -0.39 is 5.60 Å². The molecule has 290 valence electrons. The fraction of sp³-hybridized carbons (Fsp3) is 0.930. The van der Waals surface area contributed by atoms with Gasteiger partial charge < -0.3 is 15.7 Å². The third-order valence-electron chi connectivity index (χ3n) is 10.3. The zero-order valence-electron chi connectivity index (χ0n) is 33.3. The van der Waals surface area contributed by atoms with Gasteiger partial charge in [-0.15, -0.1) is 0 Å². The van der Waals surface area contributed by atoms with Gasteiger partial charge in [0.2, 0.25) is 11.8 Å². The number of unbranched alkanes of at least 4 members (excludes halogenated alkanes) is 24. The van der Waals surface area contributed by atoms with E-state index in [0.717, 1.165) is 51.4 Å². The number of Topliss-reactive ketones (excluding diaryl/α,β-unsaturated/α-hetero) is 1. The number of ketones is 1. The number of aliphatic hydroxyl groups is 1. The summed E-state index contributed by atoms with van der Waals surface area (Å²) in [4.78, 5) is 39.0. The summed E-state index contributed by atoms with van der Waals surface area (Å²) in [5, 5.41) is 17.3. The van der Waals surface area contributed by atoms with Crippen molar-refractivity contribution in [3.8, 4) is 0 Å². The number of amides is 2. The van der Waals surface area contributed by atoms with Gasteiger partial charge in [0.15, 0.2) is 11.4 Å². The highest BCUT2D eigenvalue weighted by molar-refractivity contribution is 5.91. The Morgan fingerprint density at radius 1 is 0.429 bits per heavy atom. The summed E-state index contributed by atoms with van der Waals surface area (Å²) in [6, 6.07) is 0. The molecule has 0 aliphatic rings. The third kappa shape index (κ3) is 28.9. The highest BCUT2D eigenvalue weighted by atomic mass is 16.3. The van der Waals surface area contributed by atoms with Crippen LogP contribution in [0.1, 0.15) is 233 Å². The van der Waals surface area contributed by atoms with E-state index in [-0.39, 0.29) is 36.6 Å². The fourth-order valence-corrected chi connectivity index (χ4v) is 6.99. The van der Waals surface area contributed by atoms with Crippen molar-refractivity contribution < 1.29 is 19.5 Å². The predicted molar refractivity (Wildman–Crippen MR) is 210 cm³/mol. The van der Waals surface area contributed by atoms with Gasteiger partial charge in [-0.1, -0.05) is 195 Å². The van der Waals surface area contributed by atoms with E-state index in [9.17, 15) is 19.5 Å². The SMILES string of the molecule is CCCCCCCCCCCCCCCC(=O)NCC(O)(CNC(=O)CCCCCCCCCCCCCCC)C(=O)C(CCC)CCC. The van der Waals surface area contributed by atoms with Gasteiger partial charge in [0.25, 0.3) is 0 Å². The van der Waals surface area contributed by atoms with Crippen LogP contribution in [0, 0.1) is 5.92 Å². The molecule has 49 heavy (non-hydrogen) atoms. The molecule has 6 heteroatoms. The van der Waals surface area contributed by atoms with Crippen LogP contribution in [0.5, 0.6) is 0 Å². The average Bonchev–Trinajstić information content (AvgIpc) is 3.10. The molecule has 0 spiro atoms. The molecule has 2 amide bonds. The molecule has 0 fully saturated rings. The molecule has 0 bridgehead atoms. The first kappa shape index (κ1) is 47.6. The first-order valence-electron chi connectivity index (χ1n) is 21.6. The maximum absolute atomic E-state index is 13.6. The number of hydrogen-bond donors (Lipinski definition) is 3. The quantitative estimate of drug-likeness (QED) is 0.0561. The summed E-state index contributed by atoms with van der Waals surface area (Å²) in [5.74, 6) is -0.778. The summed E-state index contributed by atoms with van der Waals surface area (Å²) in [5.41, 5.74) is -1.79. The molecule has 0 rings (SSSR count). The van der Waals surface area contributed by atoms with Crippen molar-refractivity contribution in [2.24, 2.45) is 5.92 Å². The topological polar surface area (TPSA) is 95.5 Å². The molecule has 0 heterocycles. The van der Waals surface area contributed by atoms with Crippen LogP contribution < -0.4 is 10.6 Å². The van der Waals surface area contributed by atoms with E-state index in [0.29, 0.717) is 25.7 Å². The molecule has 3 N–H and O–H groups in total. The molecule has 0 saturated heterocycles. The standard InChI is InChI=1S/C43H84N2O4/c1-5-9-11-13-15-17-19-21-23-25-27-29-31-35-40(46)44-37-43(49,42(48)39(33-7-3)34-8-4)38-45-41(47)36-32-30-28-26-24-22-20-18-16-14-12-10-6-2/h39,49H,5-38H2,1-4H3,(H,44,46)(H,45,47). The summed E-state index contributed by atoms with van der Waals surface area (Å²) >= 11 is 0. The number of nitrogens with one attached hydrogen (secondary N) is 2. The van der Waals surface area contributed by atoms with E-state index in [2.05, 4.69) is 24.5 Å². The van der Waals surface area contributed by atoms with Crippen LogP contribution in [-0.2, 0) is 14.4 Å². The Bertz CT molecular complexity index is 719. The number of hydrogen-bond acceptors (Lipinski definition) is 4. The van der Waals surface area contributed by atoms with E-state index in [4.69, 9.17) is 0 Å². The predicted octanol–water partition coefficient (Wildman–Crippen LogP) is 11.7. The zero-order chi connectivity index (χ0) is 36.3. The zero-order valence-corrected chi connectivity index (χ0v) is 33.3. The van der Waals surface area contributed by atoms with Crippen LogP contribution >= 0.6 is 0 Å². The second-order valence-corrected chi connectivity index (χ2v) is 15.2. The number of carbonyl (C=O) groups excluding carboxylic acids is 3. The molecule has 0 unspecified atom stereocenters. The van der Waals surface area contributed by atoms with E-state index >= 15 is 0 Å². The normalized spacial score (nSPS) is 11.7. The Hall–Kier alpha value is -1.43. The molecule has 0 aromatic heterocycles. The van der Waals surface area contributed by atoms with E-state index in [1.54, 1.807) is 0 Å². The van der Waals surface area contributed by atoms with Crippen molar-refractivity contribution in [3.63, 3.8) is 0 Å². The monoisotopic (exact) mass is 693 g/mol. The first-order valence-corrected chi connectivity index (χ1v) is 21.6. The Kier molecular flexibility index (Phi) is 34.0. The number of carbonyl (C=O) groups is 3. The molecule has 0 aliphatic carbocycles. The summed E-state index contributed by atoms with van der Waals surface area (Å²) in [7, 11) is 0. The molecule has 0 atom stereocenters. The molecule has 0 aromatic carbocycles. The minimum Gasteiger partial charge on any atom is -0.378 e. The van der Waals surface area contributed by atoms with Gasteiger partial charge in [-0.05, 0) is 25.7 Å². The van der Waals surface area contributed by atoms with Crippen molar-refractivity contribution in [1.82, 2.24) is 10.6 Å². The van der Waals surface area contributed by atoms with Crippen molar-refractivity contribution in [2.45, 2.75) is 239 Å². The lowest BCUT2D eigenvalue weighted by atomic mass is 9.83. The lowest BCUT2D eigenvalue weighted by Gasteiger charge is -2.31. The molecule has 6 nitrogen and oxygen atoms in total. The second-order valence-electron chi connectivity index (χ2n) is 15.2. The van der Waals surface area contributed by atoms with Crippen LogP contribution in [0.15, 0.2) is 0 Å². The van der Waals surface area contributed by atoms with Gasteiger partial charge in [0.1, 0.15) is 0 Å². The van der Waals surface area contributed by atoms with Crippen molar-refractivity contribution >= 4 is 17.6 Å². The molecule has 0 aliphatic heterocycles. The first-order chi connectivity index (χ1) is 23.8. The molecule has 0 saturated carbocycles. The lowest BCUT2D eigenvalue weighted by molar-refractivity contribution is -0.143. The van der Waals surface area contributed by atoms with Crippen molar-refractivity contribution in [1.29, 1.82) is 0 Å². The fourth-order valence-electron chi connectivity index (χ4n) is 6.99. The lowest BCUT2D eigenvalue weighted by Crippen LogP contribution is -2.57. The number of rotatable bonds is 38. The van der Waals surface area contributed by atoms with Gasteiger partial charge in [0, 0.05) is 18.8 Å². The Morgan fingerprint density at radius 3 is 0.959 bits per heavy atom. The molecule has 0 aromatic rings.